The van der Waals surface area contributed by atoms with Crippen molar-refractivity contribution in [3.63, 3.8) is 0 Å². The van der Waals surface area contributed by atoms with Crippen LogP contribution in [0.4, 0.5) is 0 Å². The average Bonchev–Trinajstić information content (AvgIpc) is 0.900. The molecule has 4 N–H and O–H groups in total. The Labute approximate surface area is 714 Å². The van der Waals surface area contributed by atoms with Crippen LogP contribution < -0.4 is 0 Å². The molecule has 0 aromatic carbocycles. The highest BCUT2D eigenvalue weighted by Gasteiger charge is 2.29. The van der Waals surface area contributed by atoms with Crippen LogP contribution in [-0.4, -0.2) is 95.9 Å². The molecular formula is C99H170O16P2. The van der Waals surface area contributed by atoms with Crippen molar-refractivity contribution in [2.45, 2.75) is 411 Å². The van der Waals surface area contributed by atoms with Gasteiger partial charge in [0.15, 0.2) is 6.10 Å². The van der Waals surface area contributed by atoms with E-state index in [1.165, 1.54) is 180 Å². The largest absolute Gasteiger partial charge is 0.472 e. The lowest BCUT2D eigenvalue weighted by atomic mass is 10.0. The van der Waals surface area contributed by atoms with Crippen LogP contribution in [0.15, 0.2) is 158 Å². The van der Waals surface area contributed by atoms with Crippen LogP contribution in [0.1, 0.15) is 393 Å². The summed E-state index contributed by atoms with van der Waals surface area (Å²) in [5.74, 6) is -1.59. The summed E-state index contributed by atoms with van der Waals surface area (Å²) in [6.07, 6.45) is 116. The normalized spacial score (nSPS) is 14.5. The van der Waals surface area contributed by atoms with Gasteiger partial charge >= 0.3 is 33.6 Å². The smallest absolute Gasteiger partial charge is 0.463 e. The van der Waals surface area contributed by atoms with Crippen molar-refractivity contribution < 1.29 is 75.8 Å². The molecule has 0 aliphatic rings. The maximum Gasteiger partial charge on any atom is 0.472 e. The van der Waals surface area contributed by atoms with E-state index in [4.69, 9.17) is 32.3 Å². The highest BCUT2D eigenvalue weighted by molar-refractivity contribution is 7.47. The van der Waals surface area contributed by atoms with E-state index >= 15 is 0 Å². The predicted octanol–water partition coefficient (Wildman–Crippen LogP) is 28.9. The van der Waals surface area contributed by atoms with Crippen molar-refractivity contribution in [1.82, 2.24) is 0 Å². The van der Waals surface area contributed by atoms with Gasteiger partial charge in [0.25, 0.3) is 0 Å². The molecule has 16 nitrogen and oxygen atoms in total. The molecule has 0 spiro atoms. The number of hydrogen-bond donors (Lipinski definition) is 4. The lowest BCUT2D eigenvalue weighted by Crippen LogP contribution is -2.30. The van der Waals surface area contributed by atoms with Crippen LogP contribution in [0.3, 0.4) is 0 Å². The molecule has 0 radical (unpaired) electrons. The Kier molecular flexibility index (Phi) is 86.7. The standard InChI is InChI=1S/C99H170O16P2/c1-4-7-10-13-16-19-22-25-28-31-34-37-39-41-43-45-46-48-50-51-53-56-58-61-64-67-70-73-76-79-82-85-97(102)109-88-94(100)89-111-116(105,106)112-90-95(101)91-113-117(107,108)114-93-96(115-99(104)87-84-81-78-75-72-69-66-63-60-55-36-33-30-27-24-21-18-15-12-9-6-3)92-110-98(103)86-83-80-77-74-71-68-65-62-59-57-54-52-49-47-44-42-40-38-35-32-29-26-23-20-17-14-11-8-5-2/h9,12,16-21,25-30,34-38,41-44,55,63,66,94-96,100-101H,4-8,10-11,13-15,22-24,31-33,39-40,45-54,56-62,64-65,67-93H2,1-3H3,(H,105,106)(H,107,108)/b12-9-,19-16-,20-17-,21-18-,28-25-,29-26-,30-27-,37-34-,38-35-,43-41-,44-42-,55-36-,66-63-. The van der Waals surface area contributed by atoms with E-state index in [9.17, 15) is 43.5 Å². The fourth-order valence-electron chi connectivity index (χ4n) is 12.6. The van der Waals surface area contributed by atoms with Gasteiger partial charge in [-0.25, -0.2) is 9.13 Å². The van der Waals surface area contributed by atoms with Crippen LogP contribution in [-0.2, 0) is 55.8 Å². The van der Waals surface area contributed by atoms with E-state index in [0.717, 1.165) is 154 Å². The molecule has 117 heavy (non-hydrogen) atoms. The molecule has 0 rings (SSSR count). The number of unbranched alkanes of at least 4 members (excludes halogenated alkanes) is 39. The number of aliphatic hydroxyl groups is 2. The molecule has 5 unspecified atom stereocenters. The SMILES string of the molecule is CC/C=C\C/C=C\C/C=C\C/C=C\C/C=C\CCCCCCCC(=O)OC(COC(=O)CCCCCCCCCCCCCCC/C=C\C/C=C\C/C=C\C/C=C\CCCCC)COP(=O)(O)OCC(O)COP(=O)(O)OCC(O)COC(=O)CCCCCCCCCCCCCCCCC/C=C\C/C=C\C/C=C\C/C=C\CCCCC. The molecule has 5 atom stereocenters. The summed E-state index contributed by atoms with van der Waals surface area (Å²) >= 11 is 0. The number of carbonyl (C=O) groups excluding carboxylic acids is 3. The molecule has 0 fully saturated rings. The first kappa shape index (κ1) is 112. The molecule has 0 aliphatic heterocycles. The van der Waals surface area contributed by atoms with E-state index in [1.54, 1.807) is 0 Å². The molecule has 0 aromatic rings. The Morgan fingerprint density at radius 2 is 0.453 bits per heavy atom. The zero-order valence-corrected chi connectivity index (χ0v) is 75.9. The third-order valence-electron chi connectivity index (χ3n) is 19.7. The maximum atomic E-state index is 13.1. The Morgan fingerprint density at radius 3 is 0.718 bits per heavy atom. The van der Waals surface area contributed by atoms with Crippen LogP contribution in [0.5, 0.6) is 0 Å². The summed E-state index contributed by atoms with van der Waals surface area (Å²) < 4.78 is 61.5. The number of carbonyl (C=O) groups is 3. The number of rotatable bonds is 88. The van der Waals surface area contributed by atoms with E-state index in [0.29, 0.717) is 19.3 Å². The highest BCUT2D eigenvalue weighted by atomic mass is 31.2. The quantitative estimate of drug-likeness (QED) is 0.0146. The molecule has 0 saturated heterocycles. The van der Waals surface area contributed by atoms with Gasteiger partial charge < -0.3 is 34.2 Å². The third kappa shape index (κ3) is 91.7. The number of hydrogen-bond acceptors (Lipinski definition) is 14. The van der Waals surface area contributed by atoms with Gasteiger partial charge in [-0.3, -0.25) is 32.5 Å². The van der Waals surface area contributed by atoms with E-state index in [2.05, 4.69) is 179 Å². The van der Waals surface area contributed by atoms with Gasteiger partial charge in [-0.2, -0.15) is 0 Å². The fourth-order valence-corrected chi connectivity index (χ4v) is 14.2. The number of allylic oxidation sites excluding steroid dienone is 26. The number of phosphoric acid groups is 2. The molecule has 18 heteroatoms. The van der Waals surface area contributed by atoms with E-state index < -0.39 is 91.5 Å². The Morgan fingerprint density at radius 1 is 0.248 bits per heavy atom. The first-order valence-corrected chi connectivity index (χ1v) is 49.8. The highest BCUT2D eigenvalue weighted by Crippen LogP contribution is 2.45. The van der Waals surface area contributed by atoms with Gasteiger partial charge in [0.1, 0.15) is 25.4 Å². The Balaban J connectivity index is 4.60. The molecule has 0 heterocycles. The predicted molar refractivity (Wildman–Crippen MR) is 491 cm³/mol. The molecule has 0 saturated carbocycles. The first-order chi connectivity index (χ1) is 57.2. The number of phosphoric ester groups is 2. The van der Waals surface area contributed by atoms with Gasteiger partial charge in [0.2, 0.25) is 0 Å². The van der Waals surface area contributed by atoms with Gasteiger partial charge in [-0.05, 0) is 154 Å². The summed E-state index contributed by atoms with van der Waals surface area (Å²) in [5.41, 5.74) is 0. The Bertz CT molecular complexity index is 2760. The monoisotopic (exact) mass is 1680 g/mol. The van der Waals surface area contributed by atoms with Crippen molar-refractivity contribution in [3.8, 4) is 0 Å². The summed E-state index contributed by atoms with van der Waals surface area (Å²) in [4.78, 5) is 59.0. The van der Waals surface area contributed by atoms with E-state index in [-0.39, 0.29) is 19.3 Å². The minimum absolute atomic E-state index is 0.0787. The molecule has 0 bridgehead atoms. The van der Waals surface area contributed by atoms with Crippen molar-refractivity contribution >= 4 is 33.6 Å². The first-order valence-electron chi connectivity index (χ1n) is 46.8. The zero-order chi connectivity index (χ0) is 85.1. The maximum absolute atomic E-state index is 13.1. The Hall–Kier alpha value is -4.83. The molecule has 0 aromatic heterocycles. The van der Waals surface area contributed by atoms with Gasteiger partial charge in [-0.1, -0.05) is 378 Å². The van der Waals surface area contributed by atoms with Crippen molar-refractivity contribution in [2.75, 3.05) is 39.6 Å². The minimum Gasteiger partial charge on any atom is -0.463 e. The van der Waals surface area contributed by atoms with Crippen molar-refractivity contribution in [3.05, 3.63) is 158 Å². The van der Waals surface area contributed by atoms with Gasteiger partial charge in [0.05, 0.1) is 26.4 Å². The van der Waals surface area contributed by atoms with Crippen LogP contribution in [0.25, 0.3) is 0 Å². The lowest BCUT2D eigenvalue weighted by molar-refractivity contribution is -0.161. The van der Waals surface area contributed by atoms with Crippen LogP contribution >= 0.6 is 15.6 Å². The lowest BCUT2D eigenvalue weighted by Gasteiger charge is -2.21. The number of aliphatic hydroxyl groups excluding tert-OH is 2. The average molecular weight is 1680 g/mol. The van der Waals surface area contributed by atoms with Crippen molar-refractivity contribution in [2.24, 2.45) is 0 Å². The second-order valence-corrected chi connectivity index (χ2v) is 34.0. The second-order valence-electron chi connectivity index (χ2n) is 31.1. The minimum atomic E-state index is -4.95. The molecular weight excluding hydrogens is 1510 g/mol. The summed E-state index contributed by atoms with van der Waals surface area (Å²) in [6, 6.07) is 0. The van der Waals surface area contributed by atoms with Crippen LogP contribution in [0.2, 0.25) is 0 Å². The topological polar surface area (TPSA) is 231 Å². The van der Waals surface area contributed by atoms with E-state index in [1.807, 2.05) is 0 Å². The zero-order valence-electron chi connectivity index (χ0n) is 74.1. The van der Waals surface area contributed by atoms with Gasteiger partial charge in [-0.15, -0.1) is 0 Å². The number of ether oxygens (including phenoxy) is 3. The fraction of sp³-hybridized carbons (Fsp3) is 0.707. The summed E-state index contributed by atoms with van der Waals surface area (Å²) in [6.45, 7) is 2.54. The van der Waals surface area contributed by atoms with Crippen LogP contribution in [0, 0.1) is 0 Å². The summed E-state index contributed by atoms with van der Waals surface area (Å²) in [7, 11) is -9.82. The number of esters is 3. The summed E-state index contributed by atoms with van der Waals surface area (Å²) in [5, 5.41) is 20.7. The molecule has 0 amide bonds. The van der Waals surface area contributed by atoms with Crippen molar-refractivity contribution in [1.29, 1.82) is 0 Å². The second kappa shape index (κ2) is 90.4. The third-order valence-corrected chi connectivity index (χ3v) is 21.6. The van der Waals surface area contributed by atoms with Gasteiger partial charge in [0, 0.05) is 19.3 Å². The molecule has 672 valence electrons. The molecule has 0 aliphatic carbocycles.